The van der Waals surface area contributed by atoms with Crippen LogP contribution >= 0.6 is 12.4 Å². The molecule has 1 fully saturated rings. The van der Waals surface area contributed by atoms with Crippen molar-refractivity contribution in [2.45, 2.75) is 38.5 Å². The summed E-state index contributed by atoms with van der Waals surface area (Å²) in [7, 11) is 0. The number of halogens is 1. The number of aromatic nitrogens is 1. The van der Waals surface area contributed by atoms with E-state index in [1.54, 1.807) is 12.1 Å². The fourth-order valence-corrected chi connectivity index (χ4v) is 2.25. The van der Waals surface area contributed by atoms with Crippen LogP contribution in [-0.4, -0.2) is 16.1 Å². The first-order valence-electron chi connectivity index (χ1n) is 5.38. The maximum Gasteiger partial charge on any atom is 0.335 e. The largest absolute Gasteiger partial charge is 0.478 e. The fourth-order valence-electron chi connectivity index (χ4n) is 2.25. The highest BCUT2D eigenvalue weighted by atomic mass is 35.5. The number of hydrogen-bond donors (Lipinski definition) is 1. The molecule has 0 bridgehead atoms. The lowest BCUT2D eigenvalue weighted by molar-refractivity contribution is 0.0696. The molecule has 0 aliphatic heterocycles. The molecule has 2 rings (SSSR count). The van der Waals surface area contributed by atoms with Gasteiger partial charge in [0.15, 0.2) is 0 Å². The van der Waals surface area contributed by atoms with Crippen molar-refractivity contribution in [3.05, 3.63) is 29.1 Å². The number of nitrogens with zero attached hydrogens (tertiary/aromatic N) is 1. The zero-order chi connectivity index (χ0) is 10.8. The minimum absolute atomic E-state index is 0. The Morgan fingerprint density at radius 2 is 2.00 bits per heavy atom. The molecule has 0 atom stereocenters. The summed E-state index contributed by atoms with van der Waals surface area (Å²) >= 11 is 0. The van der Waals surface area contributed by atoms with E-state index in [1.807, 2.05) is 6.92 Å². The summed E-state index contributed by atoms with van der Waals surface area (Å²) in [6.45, 7) is 1.85. The number of carboxylic acids is 1. The van der Waals surface area contributed by atoms with E-state index >= 15 is 0 Å². The molecule has 0 aromatic carbocycles. The molecular weight excluding hydrogens is 226 g/mol. The Balaban J connectivity index is 0.00000128. The first-order chi connectivity index (χ1) is 7.16. The second-order valence-electron chi connectivity index (χ2n) is 4.21. The molecule has 3 nitrogen and oxygen atoms in total. The molecule has 1 saturated carbocycles. The van der Waals surface area contributed by atoms with Gasteiger partial charge in [-0.2, -0.15) is 0 Å². The fraction of sp³-hybridized carbons (Fsp3) is 0.500. The molecule has 0 unspecified atom stereocenters. The van der Waals surface area contributed by atoms with E-state index in [-0.39, 0.29) is 12.4 Å². The number of carboxylic acid groups (broad SMARTS) is 1. The van der Waals surface area contributed by atoms with Crippen molar-refractivity contribution in [2.75, 3.05) is 0 Å². The van der Waals surface area contributed by atoms with Crippen LogP contribution in [0, 0.1) is 6.92 Å². The lowest BCUT2D eigenvalue weighted by atomic mass is 10.0. The quantitative estimate of drug-likeness (QED) is 0.865. The zero-order valence-electron chi connectivity index (χ0n) is 9.27. The smallest absolute Gasteiger partial charge is 0.335 e. The Morgan fingerprint density at radius 3 is 2.56 bits per heavy atom. The van der Waals surface area contributed by atoms with Crippen molar-refractivity contribution in [1.29, 1.82) is 0 Å². The number of rotatable bonds is 2. The molecule has 0 saturated heterocycles. The Morgan fingerprint density at radius 1 is 1.38 bits per heavy atom. The molecule has 88 valence electrons. The standard InChI is InChI=1S/C12H15NO2.ClH/c1-8-6-10(12(14)15)7-11(13-8)9-4-2-3-5-9;/h6-7,9H,2-5H2,1H3,(H,14,15);1H. The van der Waals surface area contributed by atoms with Gasteiger partial charge < -0.3 is 5.11 Å². The molecule has 1 aliphatic rings. The van der Waals surface area contributed by atoms with Crippen LogP contribution in [0.2, 0.25) is 0 Å². The van der Waals surface area contributed by atoms with Crippen LogP contribution in [-0.2, 0) is 0 Å². The van der Waals surface area contributed by atoms with Gasteiger partial charge in [0, 0.05) is 17.3 Å². The summed E-state index contributed by atoms with van der Waals surface area (Å²) in [5.41, 5.74) is 2.13. The average molecular weight is 242 g/mol. The first kappa shape index (κ1) is 13.0. The highest BCUT2D eigenvalue weighted by Gasteiger charge is 2.19. The van der Waals surface area contributed by atoms with Crippen LogP contribution in [0.3, 0.4) is 0 Å². The molecular formula is C12H16ClNO2. The summed E-state index contributed by atoms with van der Waals surface area (Å²) < 4.78 is 0. The molecule has 0 amide bonds. The zero-order valence-corrected chi connectivity index (χ0v) is 10.1. The summed E-state index contributed by atoms with van der Waals surface area (Å²) in [6.07, 6.45) is 4.77. The van der Waals surface area contributed by atoms with Gasteiger partial charge >= 0.3 is 5.97 Å². The third-order valence-corrected chi connectivity index (χ3v) is 2.99. The predicted octanol–water partition coefficient (Wildman–Crippen LogP) is 3.17. The normalized spacial score (nSPS) is 15.8. The number of aryl methyl sites for hydroxylation is 1. The maximum absolute atomic E-state index is 10.9. The molecule has 0 radical (unpaired) electrons. The molecule has 1 aromatic heterocycles. The molecule has 4 heteroatoms. The van der Waals surface area contributed by atoms with Gasteiger partial charge in [0.25, 0.3) is 0 Å². The Hall–Kier alpha value is -1.09. The summed E-state index contributed by atoms with van der Waals surface area (Å²) in [5.74, 6) is -0.386. The maximum atomic E-state index is 10.9. The van der Waals surface area contributed by atoms with E-state index in [0.29, 0.717) is 11.5 Å². The molecule has 0 spiro atoms. The van der Waals surface area contributed by atoms with Gasteiger partial charge in [-0.3, -0.25) is 4.98 Å². The van der Waals surface area contributed by atoms with Gasteiger partial charge in [0.05, 0.1) is 5.56 Å². The van der Waals surface area contributed by atoms with Crippen molar-refractivity contribution >= 4 is 18.4 Å². The molecule has 1 N–H and O–H groups in total. The summed E-state index contributed by atoms with van der Waals surface area (Å²) in [6, 6.07) is 3.35. The monoisotopic (exact) mass is 241 g/mol. The number of carbonyl (C=O) groups is 1. The van der Waals surface area contributed by atoms with Crippen LogP contribution in [0.4, 0.5) is 0 Å². The van der Waals surface area contributed by atoms with Crippen molar-refractivity contribution < 1.29 is 9.90 Å². The van der Waals surface area contributed by atoms with E-state index in [0.717, 1.165) is 24.2 Å². The van der Waals surface area contributed by atoms with E-state index in [9.17, 15) is 4.79 Å². The minimum Gasteiger partial charge on any atom is -0.478 e. The van der Waals surface area contributed by atoms with Crippen LogP contribution in [0.5, 0.6) is 0 Å². The molecule has 1 aromatic rings. The third-order valence-electron chi connectivity index (χ3n) is 2.99. The van der Waals surface area contributed by atoms with Gasteiger partial charge in [0.1, 0.15) is 0 Å². The van der Waals surface area contributed by atoms with Crippen molar-refractivity contribution in [2.24, 2.45) is 0 Å². The summed E-state index contributed by atoms with van der Waals surface area (Å²) in [5, 5.41) is 8.95. The Bertz CT molecular complexity index is 387. The molecule has 1 aliphatic carbocycles. The predicted molar refractivity (Wildman–Crippen MR) is 64.4 cm³/mol. The van der Waals surface area contributed by atoms with Crippen LogP contribution in [0.25, 0.3) is 0 Å². The number of aromatic carboxylic acids is 1. The molecule has 1 heterocycles. The van der Waals surface area contributed by atoms with Crippen LogP contribution in [0.15, 0.2) is 12.1 Å². The topological polar surface area (TPSA) is 50.2 Å². The van der Waals surface area contributed by atoms with Crippen LogP contribution < -0.4 is 0 Å². The van der Waals surface area contributed by atoms with Crippen molar-refractivity contribution in [1.82, 2.24) is 4.98 Å². The van der Waals surface area contributed by atoms with E-state index < -0.39 is 5.97 Å². The first-order valence-corrected chi connectivity index (χ1v) is 5.38. The highest BCUT2D eigenvalue weighted by molar-refractivity contribution is 5.87. The average Bonchev–Trinajstić information content (AvgIpc) is 2.69. The van der Waals surface area contributed by atoms with Crippen molar-refractivity contribution in [3.63, 3.8) is 0 Å². The lowest BCUT2D eigenvalue weighted by Crippen LogP contribution is -2.04. The van der Waals surface area contributed by atoms with E-state index in [4.69, 9.17) is 5.11 Å². The van der Waals surface area contributed by atoms with Gasteiger partial charge in [-0.15, -0.1) is 12.4 Å². The molecule has 16 heavy (non-hydrogen) atoms. The van der Waals surface area contributed by atoms with Gasteiger partial charge in [-0.25, -0.2) is 4.79 Å². The Kier molecular flexibility index (Phi) is 4.30. The van der Waals surface area contributed by atoms with Crippen LogP contribution in [0.1, 0.15) is 53.3 Å². The van der Waals surface area contributed by atoms with Gasteiger partial charge in [0.2, 0.25) is 0 Å². The lowest BCUT2D eigenvalue weighted by Gasteiger charge is -2.10. The number of hydrogen-bond acceptors (Lipinski definition) is 2. The minimum atomic E-state index is -0.861. The third kappa shape index (κ3) is 2.73. The SMILES string of the molecule is Cc1cc(C(=O)O)cc(C2CCCC2)n1.Cl. The number of pyridine rings is 1. The highest BCUT2D eigenvalue weighted by Crippen LogP contribution is 2.33. The van der Waals surface area contributed by atoms with E-state index in [2.05, 4.69) is 4.98 Å². The second-order valence-corrected chi connectivity index (χ2v) is 4.21. The summed E-state index contributed by atoms with van der Waals surface area (Å²) in [4.78, 5) is 15.3. The van der Waals surface area contributed by atoms with E-state index in [1.165, 1.54) is 12.8 Å². The Labute approximate surface area is 101 Å². The van der Waals surface area contributed by atoms with Gasteiger partial charge in [-0.1, -0.05) is 12.8 Å². The van der Waals surface area contributed by atoms with Crippen molar-refractivity contribution in [3.8, 4) is 0 Å². The van der Waals surface area contributed by atoms with Gasteiger partial charge in [-0.05, 0) is 31.9 Å². The second kappa shape index (κ2) is 5.30.